The molecule has 0 aliphatic heterocycles. The van der Waals surface area contributed by atoms with Crippen molar-refractivity contribution < 1.29 is 9.18 Å². The first-order chi connectivity index (χ1) is 7.25. The van der Waals surface area contributed by atoms with E-state index in [9.17, 15) is 9.18 Å². The summed E-state index contributed by atoms with van der Waals surface area (Å²) in [5.41, 5.74) is 0.157. The molecule has 2 rings (SSSR count). The second-order valence-electron chi connectivity index (χ2n) is 2.82. The van der Waals surface area contributed by atoms with Gasteiger partial charge in [-0.3, -0.25) is 14.9 Å². The van der Waals surface area contributed by atoms with Crippen molar-refractivity contribution in [1.82, 2.24) is 15.2 Å². The molecule has 0 radical (unpaired) electrons. The molecule has 0 unspecified atom stereocenters. The molecule has 76 valence electrons. The van der Waals surface area contributed by atoms with Crippen LogP contribution >= 0.6 is 0 Å². The number of pyridine rings is 1. The highest BCUT2D eigenvalue weighted by Crippen LogP contribution is 2.05. The van der Waals surface area contributed by atoms with E-state index in [1.54, 1.807) is 6.07 Å². The predicted molar refractivity (Wildman–Crippen MR) is 50.7 cm³/mol. The van der Waals surface area contributed by atoms with Crippen molar-refractivity contribution in [1.29, 1.82) is 0 Å². The maximum absolute atomic E-state index is 12.7. The Hall–Kier alpha value is -2.24. The number of hydrogen-bond donors (Lipinski definition) is 2. The fourth-order valence-electron chi connectivity index (χ4n) is 1.06. The lowest BCUT2D eigenvalue weighted by atomic mass is 10.2. The molecule has 5 nitrogen and oxygen atoms in total. The van der Waals surface area contributed by atoms with Gasteiger partial charge in [-0.15, -0.1) is 0 Å². The molecule has 2 aromatic heterocycles. The number of amides is 1. The standard InChI is InChI=1S/C9H7FN4O/c10-7-3-6(4-11-5-7)9(15)13-8-1-2-12-14-8/h1-5H,(H2,12,13,14,15). The van der Waals surface area contributed by atoms with Crippen LogP contribution < -0.4 is 5.32 Å². The summed E-state index contributed by atoms with van der Waals surface area (Å²) in [7, 11) is 0. The molecular weight excluding hydrogens is 199 g/mol. The third kappa shape index (κ3) is 2.16. The van der Waals surface area contributed by atoms with Gasteiger partial charge >= 0.3 is 0 Å². The van der Waals surface area contributed by atoms with Crippen LogP contribution in [0.25, 0.3) is 0 Å². The van der Waals surface area contributed by atoms with E-state index in [4.69, 9.17) is 0 Å². The van der Waals surface area contributed by atoms with Gasteiger partial charge in [-0.25, -0.2) is 4.39 Å². The van der Waals surface area contributed by atoms with E-state index in [1.165, 1.54) is 12.4 Å². The van der Waals surface area contributed by atoms with Gasteiger partial charge in [-0.1, -0.05) is 0 Å². The fourth-order valence-corrected chi connectivity index (χ4v) is 1.06. The lowest BCUT2D eigenvalue weighted by Crippen LogP contribution is -2.12. The van der Waals surface area contributed by atoms with Gasteiger partial charge in [-0.05, 0) is 6.07 Å². The summed E-state index contributed by atoms with van der Waals surface area (Å²) in [4.78, 5) is 15.1. The van der Waals surface area contributed by atoms with Gasteiger partial charge in [0.15, 0.2) is 0 Å². The minimum atomic E-state index is -0.549. The van der Waals surface area contributed by atoms with Crippen LogP contribution in [-0.2, 0) is 0 Å². The zero-order valence-corrected chi connectivity index (χ0v) is 7.57. The van der Waals surface area contributed by atoms with Gasteiger partial charge < -0.3 is 5.32 Å². The zero-order valence-electron chi connectivity index (χ0n) is 7.57. The van der Waals surface area contributed by atoms with Crippen LogP contribution in [0.1, 0.15) is 10.4 Å². The fraction of sp³-hybridized carbons (Fsp3) is 0. The molecular formula is C9H7FN4O. The molecule has 2 heterocycles. The van der Waals surface area contributed by atoms with Crippen LogP contribution in [-0.4, -0.2) is 21.1 Å². The lowest BCUT2D eigenvalue weighted by Gasteiger charge is -2.01. The van der Waals surface area contributed by atoms with E-state index in [2.05, 4.69) is 20.5 Å². The number of nitrogens with zero attached hydrogens (tertiary/aromatic N) is 2. The van der Waals surface area contributed by atoms with Gasteiger partial charge in [0.05, 0.1) is 18.0 Å². The number of aromatic nitrogens is 3. The van der Waals surface area contributed by atoms with Gasteiger partial charge in [0.1, 0.15) is 11.6 Å². The highest BCUT2D eigenvalue weighted by Gasteiger charge is 2.07. The second-order valence-corrected chi connectivity index (χ2v) is 2.82. The van der Waals surface area contributed by atoms with Crippen molar-refractivity contribution in [3.8, 4) is 0 Å². The van der Waals surface area contributed by atoms with E-state index in [0.717, 1.165) is 12.3 Å². The Morgan fingerprint density at radius 3 is 3.00 bits per heavy atom. The summed E-state index contributed by atoms with van der Waals surface area (Å²) in [6.07, 6.45) is 3.82. The molecule has 1 amide bonds. The summed E-state index contributed by atoms with van der Waals surface area (Å²) in [6, 6.07) is 2.70. The third-order valence-electron chi connectivity index (χ3n) is 1.72. The number of aromatic amines is 1. The highest BCUT2D eigenvalue weighted by molar-refractivity contribution is 6.03. The van der Waals surface area contributed by atoms with E-state index < -0.39 is 11.7 Å². The summed E-state index contributed by atoms with van der Waals surface area (Å²) in [6.45, 7) is 0. The SMILES string of the molecule is O=C(Nc1ccn[nH]1)c1cncc(F)c1. The summed E-state index contributed by atoms with van der Waals surface area (Å²) in [5, 5.41) is 8.72. The number of carbonyl (C=O) groups is 1. The smallest absolute Gasteiger partial charge is 0.258 e. The van der Waals surface area contributed by atoms with Crippen molar-refractivity contribution >= 4 is 11.7 Å². The quantitative estimate of drug-likeness (QED) is 0.775. The van der Waals surface area contributed by atoms with Crippen LogP contribution in [0.4, 0.5) is 10.2 Å². The molecule has 2 aromatic rings. The van der Waals surface area contributed by atoms with Crippen LogP contribution in [0.5, 0.6) is 0 Å². The summed E-state index contributed by atoms with van der Waals surface area (Å²) >= 11 is 0. The number of nitrogens with one attached hydrogen (secondary N) is 2. The summed E-state index contributed by atoms with van der Waals surface area (Å²) in [5.74, 6) is -0.539. The first-order valence-electron chi connectivity index (χ1n) is 4.17. The van der Waals surface area contributed by atoms with Crippen molar-refractivity contribution in [3.63, 3.8) is 0 Å². The lowest BCUT2D eigenvalue weighted by molar-refractivity contribution is 0.102. The van der Waals surface area contributed by atoms with Crippen molar-refractivity contribution in [2.75, 3.05) is 5.32 Å². The Balaban J connectivity index is 2.15. The van der Waals surface area contributed by atoms with Gasteiger partial charge in [0.25, 0.3) is 5.91 Å². The third-order valence-corrected chi connectivity index (χ3v) is 1.72. The second kappa shape index (κ2) is 3.87. The number of anilines is 1. The minimum absolute atomic E-state index is 0.157. The molecule has 15 heavy (non-hydrogen) atoms. The molecule has 6 heteroatoms. The van der Waals surface area contributed by atoms with E-state index >= 15 is 0 Å². The Bertz CT molecular complexity index is 469. The maximum Gasteiger partial charge on any atom is 0.258 e. The number of hydrogen-bond acceptors (Lipinski definition) is 3. The molecule has 0 fully saturated rings. The summed E-state index contributed by atoms with van der Waals surface area (Å²) < 4.78 is 12.7. The Kier molecular flexibility index (Phi) is 2.40. The Morgan fingerprint density at radius 1 is 1.47 bits per heavy atom. The minimum Gasteiger partial charge on any atom is -0.307 e. The molecule has 2 N–H and O–H groups in total. The van der Waals surface area contributed by atoms with E-state index in [0.29, 0.717) is 5.82 Å². The molecule has 0 aliphatic carbocycles. The molecule has 0 bridgehead atoms. The molecule has 0 atom stereocenters. The van der Waals surface area contributed by atoms with Gasteiger partial charge in [0.2, 0.25) is 0 Å². The van der Waals surface area contributed by atoms with E-state index in [-0.39, 0.29) is 5.56 Å². The molecule has 0 saturated carbocycles. The zero-order chi connectivity index (χ0) is 10.7. The first kappa shape index (κ1) is 9.32. The van der Waals surface area contributed by atoms with Crippen molar-refractivity contribution in [3.05, 3.63) is 42.1 Å². The van der Waals surface area contributed by atoms with Crippen LogP contribution in [0.15, 0.2) is 30.7 Å². The van der Waals surface area contributed by atoms with Crippen LogP contribution in [0.2, 0.25) is 0 Å². The average Bonchev–Trinajstić information content (AvgIpc) is 2.70. The number of H-pyrrole nitrogens is 1. The first-order valence-corrected chi connectivity index (χ1v) is 4.17. The van der Waals surface area contributed by atoms with Crippen molar-refractivity contribution in [2.45, 2.75) is 0 Å². The van der Waals surface area contributed by atoms with Gasteiger partial charge in [-0.2, -0.15) is 5.10 Å². The average molecular weight is 206 g/mol. The Labute approximate surface area is 84.3 Å². The number of carbonyl (C=O) groups excluding carboxylic acids is 1. The topological polar surface area (TPSA) is 70.7 Å². The number of halogens is 1. The Morgan fingerprint density at radius 2 is 2.33 bits per heavy atom. The molecule has 0 aromatic carbocycles. The van der Waals surface area contributed by atoms with Crippen LogP contribution in [0, 0.1) is 5.82 Å². The van der Waals surface area contributed by atoms with Crippen molar-refractivity contribution in [2.24, 2.45) is 0 Å². The molecule has 0 aliphatic rings. The normalized spacial score (nSPS) is 9.93. The van der Waals surface area contributed by atoms with Gasteiger partial charge in [0, 0.05) is 12.3 Å². The molecule has 0 spiro atoms. The molecule has 0 saturated heterocycles. The maximum atomic E-state index is 12.7. The number of rotatable bonds is 2. The van der Waals surface area contributed by atoms with E-state index in [1.807, 2.05) is 0 Å². The predicted octanol–water partition coefficient (Wildman–Crippen LogP) is 1.20. The largest absolute Gasteiger partial charge is 0.307 e. The monoisotopic (exact) mass is 206 g/mol. The van der Waals surface area contributed by atoms with Crippen LogP contribution in [0.3, 0.4) is 0 Å². The highest BCUT2D eigenvalue weighted by atomic mass is 19.1.